The molecule has 1 amide bonds. The Balaban J connectivity index is 2.50. The third kappa shape index (κ3) is 2.76. The standard InChI is InChI=1S/C14H15N3O5/c1-3-17-10-5-4-8(11(18)15-7(2)14(21)22)6-9(10)16-12(19)13(17)20/h4-7H,3H2,1-2H3,(H,15,18)(H,16,19)(H,21,22)/t7-/m1/s1. The van der Waals surface area contributed by atoms with Crippen LogP contribution >= 0.6 is 0 Å². The van der Waals surface area contributed by atoms with Crippen molar-refractivity contribution in [2.45, 2.75) is 26.4 Å². The molecule has 22 heavy (non-hydrogen) atoms. The van der Waals surface area contributed by atoms with Crippen molar-refractivity contribution in [2.75, 3.05) is 0 Å². The molecule has 1 atom stereocenters. The normalized spacial score (nSPS) is 12.1. The largest absolute Gasteiger partial charge is 0.480 e. The summed E-state index contributed by atoms with van der Waals surface area (Å²) >= 11 is 0. The molecule has 1 heterocycles. The topological polar surface area (TPSA) is 121 Å². The summed E-state index contributed by atoms with van der Waals surface area (Å²) in [5.41, 5.74) is -0.410. The molecule has 0 fully saturated rings. The minimum atomic E-state index is -1.15. The van der Waals surface area contributed by atoms with E-state index in [1.807, 2.05) is 0 Å². The second kappa shape index (κ2) is 5.84. The van der Waals surface area contributed by atoms with Crippen molar-refractivity contribution >= 4 is 22.9 Å². The highest BCUT2D eigenvalue weighted by molar-refractivity contribution is 5.99. The SMILES string of the molecule is CCn1c(=O)c(=O)[nH]c2cc(C(=O)N[C@H](C)C(=O)O)ccc21. The second-order valence-corrected chi connectivity index (χ2v) is 4.77. The molecule has 1 aromatic carbocycles. The number of carboxylic acid groups (broad SMARTS) is 1. The Hall–Kier alpha value is -2.90. The lowest BCUT2D eigenvalue weighted by Crippen LogP contribution is -2.38. The van der Waals surface area contributed by atoms with E-state index in [9.17, 15) is 19.2 Å². The molecule has 2 rings (SSSR count). The summed E-state index contributed by atoms with van der Waals surface area (Å²) in [6.07, 6.45) is 0. The number of hydrogen-bond donors (Lipinski definition) is 3. The van der Waals surface area contributed by atoms with E-state index >= 15 is 0 Å². The maximum Gasteiger partial charge on any atom is 0.325 e. The molecule has 0 radical (unpaired) electrons. The molecule has 2 aromatic rings. The number of carboxylic acids is 1. The summed E-state index contributed by atoms with van der Waals surface area (Å²) in [5.74, 6) is -1.73. The highest BCUT2D eigenvalue weighted by Crippen LogP contribution is 2.11. The third-order valence-corrected chi connectivity index (χ3v) is 3.27. The second-order valence-electron chi connectivity index (χ2n) is 4.77. The number of aryl methyl sites for hydroxylation is 1. The first-order valence-electron chi connectivity index (χ1n) is 6.65. The van der Waals surface area contributed by atoms with Crippen LogP contribution in [0.3, 0.4) is 0 Å². The fraction of sp³-hybridized carbons (Fsp3) is 0.286. The van der Waals surface area contributed by atoms with Crippen LogP contribution in [-0.2, 0) is 11.3 Å². The minimum Gasteiger partial charge on any atom is -0.480 e. The first-order valence-corrected chi connectivity index (χ1v) is 6.65. The van der Waals surface area contributed by atoms with Gasteiger partial charge >= 0.3 is 17.1 Å². The number of aliphatic carboxylic acids is 1. The van der Waals surface area contributed by atoms with Gasteiger partial charge in [-0.2, -0.15) is 0 Å². The van der Waals surface area contributed by atoms with Crippen molar-refractivity contribution in [3.8, 4) is 0 Å². The van der Waals surface area contributed by atoms with Gasteiger partial charge < -0.3 is 20.0 Å². The van der Waals surface area contributed by atoms with E-state index in [2.05, 4.69) is 10.3 Å². The van der Waals surface area contributed by atoms with Gasteiger partial charge in [-0.1, -0.05) is 0 Å². The zero-order valence-electron chi connectivity index (χ0n) is 12.0. The lowest BCUT2D eigenvalue weighted by atomic mass is 10.1. The van der Waals surface area contributed by atoms with Crippen molar-refractivity contribution in [3.05, 3.63) is 44.5 Å². The summed E-state index contributed by atoms with van der Waals surface area (Å²) in [5, 5.41) is 11.1. The average molecular weight is 305 g/mol. The number of H-pyrrole nitrogens is 1. The summed E-state index contributed by atoms with van der Waals surface area (Å²) in [4.78, 5) is 48.5. The van der Waals surface area contributed by atoms with Crippen LogP contribution in [0.4, 0.5) is 0 Å². The molecule has 0 aliphatic carbocycles. The Morgan fingerprint density at radius 2 is 2.05 bits per heavy atom. The Morgan fingerprint density at radius 3 is 2.64 bits per heavy atom. The molecular weight excluding hydrogens is 290 g/mol. The van der Waals surface area contributed by atoms with E-state index in [0.717, 1.165) is 0 Å². The number of carbonyl (C=O) groups excluding carboxylic acids is 1. The highest BCUT2D eigenvalue weighted by atomic mass is 16.4. The number of nitrogens with zero attached hydrogens (tertiary/aromatic N) is 1. The van der Waals surface area contributed by atoms with E-state index < -0.39 is 29.0 Å². The quantitative estimate of drug-likeness (QED) is 0.682. The van der Waals surface area contributed by atoms with E-state index in [0.29, 0.717) is 17.6 Å². The van der Waals surface area contributed by atoms with Crippen LogP contribution in [0.1, 0.15) is 24.2 Å². The van der Waals surface area contributed by atoms with E-state index in [1.165, 1.54) is 29.7 Å². The van der Waals surface area contributed by atoms with E-state index in [1.54, 1.807) is 6.92 Å². The molecule has 8 heteroatoms. The van der Waals surface area contributed by atoms with Crippen molar-refractivity contribution in [1.29, 1.82) is 0 Å². The van der Waals surface area contributed by atoms with Crippen LogP contribution in [0.25, 0.3) is 11.0 Å². The van der Waals surface area contributed by atoms with E-state index in [-0.39, 0.29) is 5.56 Å². The molecule has 8 nitrogen and oxygen atoms in total. The van der Waals surface area contributed by atoms with Crippen LogP contribution < -0.4 is 16.4 Å². The fourth-order valence-corrected chi connectivity index (χ4v) is 2.08. The lowest BCUT2D eigenvalue weighted by molar-refractivity contribution is -0.138. The van der Waals surface area contributed by atoms with Crippen molar-refractivity contribution in [1.82, 2.24) is 14.9 Å². The van der Waals surface area contributed by atoms with Gasteiger partial charge in [-0.3, -0.25) is 19.2 Å². The van der Waals surface area contributed by atoms with Gasteiger partial charge in [0.1, 0.15) is 6.04 Å². The summed E-state index contributed by atoms with van der Waals surface area (Å²) in [6, 6.07) is 3.38. The average Bonchev–Trinajstić information content (AvgIpc) is 2.47. The monoisotopic (exact) mass is 305 g/mol. The third-order valence-electron chi connectivity index (χ3n) is 3.27. The Morgan fingerprint density at radius 1 is 1.36 bits per heavy atom. The van der Waals surface area contributed by atoms with Crippen molar-refractivity contribution in [3.63, 3.8) is 0 Å². The number of rotatable bonds is 4. The van der Waals surface area contributed by atoms with Gasteiger partial charge in [0.05, 0.1) is 11.0 Å². The minimum absolute atomic E-state index is 0.192. The highest BCUT2D eigenvalue weighted by Gasteiger charge is 2.16. The number of nitrogens with one attached hydrogen (secondary N) is 2. The number of carbonyl (C=O) groups is 2. The molecule has 0 saturated heterocycles. The molecule has 0 unspecified atom stereocenters. The van der Waals surface area contributed by atoms with E-state index in [4.69, 9.17) is 5.11 Å². The number of aromatic nitrogens is 2. The smallest absolute Gasteiger partial charge is 0.325 e. The van der Waals surface area contributed by atoms with Crippen LogP contribution in [0.5, 0.6) is 0 Å². The molecule has 0 aliphatic heterocycles. The van der Waals surface area contributed by atoms with Gasteiger partial charge in [-0.05, 0) is 32.0 Å². The molecule has 1 aromatic heterocycles. The maximum atomic E-state index is 12.0. The first-order chi connectivity index (χ1) is 10.3. The Bertz CT molecular complexity index is 865. The van der Waals surface area contributed by atoms with Gasteiger partial charge in [0, 0.05) is 12.1 Å². The zero-order valence-corrected chi connectivity index (χ0v) is 12.0. The molecule has 116 valence electrons. The van der Waals surface area contributed by atoms with Crippen LogP contribution in [-0.4, -0.2) is 32.6 Å². The predicted octanol–water partition coefficient (Wildman–Crippen LogP) is -0.0874. The molecule has 3 N–H and O–H groups in total. The van der Waals surface area contributed by atoms with Gasteiger partial charge in [-0.15, -0.1) is 0 Å². The van der Waals surface area contributed by atoms with Crippen molar-refractivity contribution < 1.29 is 14.7 Å². The van der Waals surface area contributed by atoms with Crippen LogP contribution in [0, 0.1) is 0 Å². The number of fused-ring (bicyclic) bond motifs is 1. The predicted molar refractivity (Wildman–Crippen MR) is 79.1 cm³/mol. The maximum absolute atomic E-state index is 12.0. The molecule has 0 aliphatic rings. The van der Waals surface area contributed by atoms with Gasteiger partial charge in [0.15, 0.2) is 0 Å². The summed E-state index contributed by atoms with van der Waals surface area (Å²) < 4.78 is 1.30. The Kier molecular flexibility index (Phi) is 4.11. The first kappa shape index (κ1) is 15.5. The van der Waals surface area contributed by atoms with Crippen LogP contribution in [0.2, 0.25) is 0 Å². The number of amides is 1. The number of benzene rings is 1. The summed E-state index contributed by atoms with van der Waals surface area (Å²) in [6.45, 7) is 3.40. The summed E-state index contributed by atoms with van der Waals surface area (Å²) in [7, 11) is 0. The Labute approximate surface area is 124 Å². The number of aromatic amines is 1. The number of hydrogen-bond acceptors (Lipinski definition) is 4. The van der Waals surface area contributed by atoms with Crippen LogP contribution in [0.15, 0.2) is 27.8 Å². The van der Waals surface area contributed by atoms with Gasteiger partial charge in [0.25, 0.3) is 5.91 Å². The molecular formula is C14H15N3O5. The molecule has 0 saturated carbocycles. The molecule has 0 bridgehead atoms. The van der Waals surface area contributed by atoms with Crippen molar-refractivity contribution in [2.24, 2.45) is 0 Å². The lowest BCUT2D eigenvalue weighted by Gasteiger charge is -2.11. The zero-order chi connectivity index (χ0) is 16.4. The van der Waals surface area contributed by atoms with Gasteiger partial charge in [0.2, 0.25) is 0 Å². The fourth-order valence-electron chi connectivity index (χ4n) is 2.08. The van der Waals surface area contributed by atoms with Gasteiger partial charge in [-0.25, -0.2) is 0 Å². The molecule has 0 spiro atoms.